The molecule has 2 rings (SSSR count). The summed E-state index contributed by atoms with van der Waals surface area (Å²) < 4.78 is 31.1. The van der Waals surface area contributed by atoms with Crippen LogP contribution in [0.25, 0.3) is 10.8 Å². The molecule has 0 bridgehead atoms. The van der Waals surface area contributed by atoms with Gasteiger partial charge in [-0.3, -0.25) is 4.55 Å². The van der Waals surface area contributed by atoms with Crippen LogP contribution in [-0.2, 0) is 10.1 Å². The molecule has 2 aromatic rings. The summed E-state index contributed by atoms with van der Waals surface area (Å²) in [5, 5.41) is 18.1. The fraction of sp³-hybridized carbons (Fsp3) is 0. The molecule has 0 atom stereocenters. The molecule has 0 spiro atoms. The van der Waals surface area contributed by atoms with Gasteiger partial charge in [0.05, 0.1) is 16.0 Å². The van der Waals surface area contributed by atoms with Gasteiger partial charge in [-0.15, -0.1) is 0 Å². The van der Waals surface area contributed by atoms with Crippen molar-refractivity contribution in [2.45, 2.75) is 4.90 Å². The Morgan fingerprint density at radius 1 is 0.857 bits per heavy atom. The van der Waals surface area contributed by atoms with Crippen LogP contribution in [0.4, 0.5) is 0 Å². The van der Waals surface area contributed by atoms with E-state index < -0.39 is 27.0 Å². The van der Waals surface area contributed by atoms with Gasteiger partial charge in [-0.2, -0.15) is 8.42 Å². The summed E-state index contributed by atoms with van der Waals surface area (Å²) in [7, 11) is -4.51. The molecule has 0 aliphatic carbocycles. The van der Waals surface area contributed by atoms with Crippen LogP contribution >= 0.6 is 0 Å². The molecule has 0 unspecified atom stereocenters. The van der Waals surface area contributed by atoms with Crippen molar-refractivity contribution in [2.24, 2.45) is 0 Å². The number of carbonyl (C=O) groups is 2. The zero-order valence-electron chi connectivity index (χ0n) is 9.77. The third-order valence-electron chi connectivity index (χ3n) is 2.75. The zero-order valence-corrected chi connectivity index (χ0v) is 10.6. The Kier molecular flexibility index (Phi) is 5.13. The van der Waals surface area contributed by atoms with Gasteiger partial charge in [-0.25, -0.2) is 9.59 Å². The van der Waals surface area contributed by atoms with E-state index in [2.05, 4.69) is 0 Å². The Bertz CT molecular complexity index is 842. The van der Waals surface area contributed by atoms with E-state index in [4.69, 9.17) is 14.8 Å². The number of hydrogen-bond donors (Lipinski definition) is 3. The maximum atomic E-state index is 11.1. The summed E-state index contributed by atoms with van der Waals surface area (Å²) in [6.45, 7) is 0. The summed E-state index contributed by atoms with van der Waals surface area (Å²) in [6.07, 6.45) is 0. The fourth-order valence-electron chi connectivity index (χ4n) is 1.86. The summed E-state index contributed by atoms with van der Waals surface area (Å²) in [6, 6.07) is 5.29. The second kappa shape index (κ2) is 6.12. The molecule has 3 N–H and O–H groups in total. The van der Waals surface area contributed by atoms with Gasteiger partial charge in [-0.05, 0) is 35.0 Å². The van der Waals surface area contributed by atoms with Gasteiger partial charge in [0.2, 0.25) is 0 Å². The SMILES string of the molecule is O=C(O)c1ccc(C(=O)O)c2cc(S(=O)(=O)O)ccc12.[NaH]. The molecular weight excluding hydrogens is 311 g/mol. The quantitative estimate of drug-likeness (QED) is 0.564. The third kappa shape index (κ3) is 3.42. The number of aromatic carboxylic acids is 2. The van der Waals surface area contributed by atoms with Crippen molar-refractivity contribution < 1.29 is 32.8 Å². The van der Waals surface area contributed by atoms with Gasteiger partial charge in [-0.1, -0.05) is 6.07 Å². The van der Waals surface area contributed by atoms with Crippen LogP contribution < -0.4 is 0 Å². The van der Waals surface area contributed by atoms with Crippen LogP contribution in [0.2, 0.25) is 0 Å². The summed E-state index contributed by atoms with van der Waals surface area (Å²) in [5.74, 6) is -2.61. The number of rotatable bonds is 3. The molecule has 21 heavy (non-hydrogen) atoms. The van der Waals surface area contributed by atoms with Crippen molar-refractivity contribution in [3.05, 3.63) is 41.5 Å². The van der Waals surface area contributed by atoms with Crippen LogP contribution in [0, 0.1) is 0 Å². The first-order valence-corrected chi connectivity index (χ1v) is 6.66. The number of hydrogen-bond acceptors (Lipinski definition) is 4. The molecule has 0 aromatic heterocycles. The Labute approximate surface area is 141 Å². The van der Waals surface area contributed by atoms with Crippen LogP contribution in [0.1, 0.15) is 20.7 Å². The topological polar surface area (TPSA) is 129 Å². The van der Waals surface area contributed by atoms with Crippen LogP contribution in [0.3, 0.4) is 0 Å². The molecule has 2 aromatic carbocycles. The molecule has 0 fully saturated rings. The van der Waals surface area contributed by atoms with Crippen molar-refractivity contribution in [1.82, 2.24) is 0 Å². The normalized spacial score (nSPS) is 10.9. The van der Waals surface area contributed by atoms with E-state index in [9.17, 15) is 18.0 Å². The predicted molar refractivity (Wildman–Crippen MR) is 74.8 cm³/mol. The number of fused-ring (bicyclic) bond motifs is 1. The molecule has 0 saturated heterocycles. The van der Waals surface area contributed by atoms with Gasteiger partial charge in [0.1, 0.15) is 0 Å². The van der Waals surface area contributed by atoms with Crippen molar-refractivity contribution in [2.75, 3.05) is 0 Å². The molecule has 0 saturated carbocycles. The van der Waals surface area contributed by atoms with E-state index in [-0.39, 0.29) is 51.5 Å². The van der Waals surface area contributed by atoms with E-state index >= 15 is 0 Å². The number of carboxylic acid groups (broad SMARTS) is 2. The molecular formula is C12H9NaO7S. The minimum atomic E-state index is -4.51. The standard InChI is InChI=1S/C12H8O7S.Na.H/c13-11(14)8-3-4-9(12(15)16)10-5-6(20(17,18)19)1-2-7(8)10;;/h1-5H,(H,13,14)(H,15,16)(H,17,18,19);;. The van der Waals surface area contributed by atoms with Gasteiger partial charge in [0, 0.05) is 0 Å². The third-order valence-corrected chi connectivity index (χ3v) is 3.60. The van der Waals surface area contributed by atoms with Crippen LogP contribution in [0.5, 0.6) is 0 Å². The molecule has 0 amide bonds. The van der Waals surface area contributed by atoms with E-state index in [0.717, 1.165) is 30.3 Å². The fourth-order valence-corrected chi connectivity index (χ4v) is 2.37. The molecule has 7 nitrogen and oxygen atoms in total. The number of benzene rings is 2. The van der Waals surface area contributed by atoms with Gasteiger partial charge in [0.15, 0.2) is 0 Å². The van der Waals surface area contributed by atoms with Gasteiger partial charge >= 0.3 is 41.5 Å². The second-order valence-electron chi connectivity index (χ2n) is 3.95. The summed E-state index contributed by atoms with van der Waals surface area (Å²) in [5.41, 5.74) is -0.414. The predicted octanol–water partition coefficient (Wildman–Crippen LogP) is 0.834. The van der Waals surface area contributed by atoms with Crippen molar-refractivity contribution in [1.29, 1.82) is 0 Å². The molecule has 106 valence electrons. The molecule has 0 radical (unpaired) electrons. The Morgan fingerprint density at radius 2 is 1.33 bits per heavy atom. The zero-order chi connectivity index (χ0) is 15.1. The maximum absolute atomic E-state index is 11.1. The van der Waals surface area contributed by atoms with E-state index in [1.165, 1.54) is 0 Å². The first-order valence-electron chi connectivity index (χ1n) is 5.22. The van der Waals surface area contributed by atoms with Gasteiger partial charge < -0.3 is 10.2 Å². The Balaban J connectivity index is 0.00000220. The monoisotopic (exact) mass is 320 g/mol. The van der Waals surface area contributed by atoms with E-state index in [0.29, 0.717) is 0 Å². The van der Waals surface area contributed by atoms with Gasteiger partial charge in [0.25, 0.3) is 10.1 Å². The molecule has 0 heterocycles. The van der Waals surface area contributed by atoms with Crippen molar-refractivity contribution >= 4 is 62.4 Å². The first kappa shape index (κ1) is 17.6. The van der Waals surface area contributed by atoms with Crippen LogP contribution in [-0.4, -0.2) is 64.7 Å². The summed E-state index contributed by atoms with van der Waals surface area (Å²) >= 11 is 0. The Hall–Kier alpha value is -1.45. The minimum absolute atomic E-state index is 0. The van der Waals surface area contributed by atoms with E-state index in [1.807, 2.05) is 0 Å². The Morgan fingerprint density at radius 3 is 1.76 bits per heavy atom. The molecule has 9 heteroatoms. The van der Waals surface area contributed by atoms with E-state index in [1.54, 1.807) is 0 Å². The molecule has 0 aliphatic rings. The number of carboxylic acids is 2. The summed E-state index contributed by atoms with van der Waals surface area (Å²) in [4.78, 5) is 21.7. The average Bonchev–Trinajstić information content (AvgIpc) is 2.35. The van der Waals surface area contributed by atoms with Crippen molar-refractivity contribution in [3.63, 3.8) is 0 Å². The average molecular weight is 320 g/mol. The first-order chi connectivity index (χ1) is 9.21. The van der Waals surface area contributed by atoms with Crippen LogP contribution in [0.15, 0.2) is 35.2 Å². The second-order valence-corrected chi connectivity index (χ2v) is 5.37. The molecule has 0 aliphatic heterocycles. The van der Waals surface area contributed by atoms with Crippen molar-refractivity contribution in [3.8, 4) is 0 Å².